The molecule has 0 radical (unpaired) electrons. The summed E-state index contributed by atoms with van der Waals surface area (Å²) in [7, 11) is 0. The van der Waals surface area contributed by atoms with Crippen LogP contribution < -0.4 is 0 Å². The van der Waals surface area contributed by atoms with Crippen molar-refractivity contribution < 1.29 is 18.0 Å². The van der Waals surface area contributed by atoms with Crippen molar-refractivity contribution in [2.24, 2.45) is 11.8 Å². The van der Waals surface area contributed by atoms with Gasteiger partial charge in [0.05, 0.1) is 5.92 Å². The van der Waals surface area contributed by atoms with E-state index in [1.165, 1.54) is 11.3 Å². The summed E-state index contributed by atoms with van der Waals surface area (Å²) < 4.78 is 39.0. The zero-order valence-corrected chi connectivity index (χ0v) is 12.6. The van der Waals surface area contributed by atoms with E-state index < -0.39 is 18.0 Å². The zero-order valence-electron chi connectivity index (χ0n) is 10.2. The first-order valence-corrected chi connectivity index (χ1v) is 7.86. The molecule has 0 bridgehead atoms. The Morgan fingerprint density at radius 2 is 2.16 bits per heavy atom. The molecule has 2 unspecified atom stereocenters. The molecule has 0 saturated heterocycles. The number of hydrogen-bond acceptors (Lipinski definition) is 2. The van der Waals surface area contributed by atoms with Gasteiger partial charge in [-0.3, -0.25) is 4.79 Å². The molecule has 1 saturated carbocycles. The largest absolute Gasteiger partial charge is 0.391 e. The van der Waals surface area contributed by atoms with Gasteiger partial charge in [0, 0.05) is 27.1 Å². The van der Waals surface area contributed by atoms with Gasteiger partial charge in [-0.1, -0.05) is 6.42 Å². The molecule has 1 aliphatic carbocycles. The van der Waals surface area contributed by atoms with Gasteiger partial charge in [-0.2, -0.15) is 13.2 Å². The van der Waals surface area contributed by atoms with Gasteiger partial charge in [-0.05, 0) is 41.3 Å². The number of alkyl halides is 3. The third-order valence-electron chi connectivity index (χ3n) is 3.56. The van der Waals surface area contributed by atoms with Crippen LogP contribution in [0, 0.1) is 11.8 Å². The molecule has 1 nitrogen and oxygen atoms in total. The number of carbonyl (C=O) groups excluding carboxylic acids is 1. The molecule has 6 heteroatoms. The predicted molar refractivity (Wildman–Crippen MR) is 72.2 cm³/mol. The lowest BCUT2D eigenvalue weighted by Gasteiger charge is -2.29. The summed E-state index contributed by atoms with van der Waals surface area (Å²) in [4.78, 5) is 13.0. The van der Waals surface area contributed by atoms with Crippen molar-refractivity contribution in [1.29, 1.82) is 0 Å². The van der Waals surface area contributed by atoms with E-state index in [0.29, 0.717) is 12.8 Å². The predicted octanol–water partition coefficient (Wildman–Crippen LogP) is 4.99. The van der Waals surface area contributed by atoms with Crippen LogP contribution in [0.1, 0.15) is 30.6 Å². The van der Waals surface area contributed by atoms with E-state index in [4.69, 9.17) is 0 Å². The van der Waals surface area contributed by atoms with Crippen LogP contribution in [0.4, 0.5) is 13.2 Å². The van der Waals surface area contributed by atoms with Crippen LogP contribution in [-0.2, 0) is 11.2 Å². The summed E-state index contributed by atoms with van der Waals surface area (Å²) in [6.45, 7) is 0. The van der Waals surface area contributed by atoms with Crippen molar-refractivity contribution in [1.82, 2.24) is 0 Å². The van der Waals surface area contributed by atoms with Crippen LogP contribution in [-0.4, -0.2) is 12.0 Å². The fourth-order valence-corrected chi connectivity index (χ4v) is 4.00. The first-order chi connectivity index (χ1) is 8.86. The number of hydrogen-bond donors (Lipinski definition) is 0. The minimum absolute atomic E-state index is 0.0329. The monoisotopic (exact) mass is 354 g/mol. The van der Waals surface area contributed by atoms with Crippen LogP contribution in [0.3, 0.4) is 0 Å². The normalized spacial score (nSPS) is 24.4. The second-order valence-corrected chi connectivity index (χ2v) is 6.89. The SMILES string of the molecule is O=C(Cc1cc(Br)cs1)C1CCCC(C(F)(F)F)C1. The highest BCUT2D eigenvalue weighted by atomic mass is 79.9. The van der Waals surface area contributed by atoms with Crippen molar-refractivity contribution in [2.45, 2.75) is 38.3 Å². The van der Waals surface area contributed by atoms with Gasteiger partial charge in [0.25, 0.3) is 0 Å². The maximum atomic E-state index is 12.7. The Labute approximate surface area is 122 Å². The average Bonchev–Trinajstić information content (AvgIpc) is 2.74. The lowest BCUT2D eigenvalue weighted by molar-refractivity contribution is -0.186. The molecule has 1 fully saturated rings. The molecule has 1 aromatic heterocycles. The quantitative estimate of drug-likeness (QED) is 0.747. The summed E-state index contributed by atoms with van der Waals surface area (Å²) in [6.07, 6.45) is -2.68. The molecule has 19 heavy (non-hydrogen) atoms. The Morgan fingerprint density at radius 3 is 2.74 bits per heavy atom. The molecule has 1 heterocycles. The van der Waals surface area contributed by atoms with Gasteiger partial charge < -0.3 is 0 Å². The highest BCUT2D eigenvalue weighted by Crippen LogP contribution is 2.40. The minimum Gasteiger partial charge on any atom is -0.299 e. The molecule has 2 atom stereocenters. The van der Waals surface area contributed by atoms with Crippen molar-refractivity contribution in [3.63, 3.8) is 0 Å². The van der Waals surface area contributed by atoms with Crippen molar-refractivity contribution >= 4 is 33.0 Å². The Kier molecular flexibility index (Phi) is 4.71. The van der Waals surface area contributed by atoms with E-state index in [1.807, 2.05) is 11.4 Å². The van der Waals surface area contributed by atoms with Gasteiger partial charge in [0.15, 0.2) is 0 Å². The maximum absolute atomic E-state index is 12.7. The third-order valence-corrected chi connectivity index (χ3v) is 5.26. The van der Waals surface area contributed by atoms with Gasteiger partial charge >= 0.3 is 6.18 Å². The Bertz CT molecular complexity index is 455. The summed E-state index contributed by atoms with van der Waals surface area (Å²) in [6, 6.07) is 1.85. The first kappa shape index (κ1) is 15.0. The molecular formula is C13H14BrF3OS. The van der Waals surface area contributed by atoms with Crippen molar-refractivity contribution in [2.75, 3.05) is 0 Å². The summed E-state index contributed by atoms with van der Waals surface area (Å²) in [5.74, 6) is -1.78. The molecule has 106 valence electrons. The number of ketones is 1. The average molecular weight is 355 g/mol. The molecule has 2 rings (SSSR count). The molecule has 0 aromatic carbocycles. The second kappa shape index (κ2) is 5.95. The van der Waals surface area contributed by atoms with E-state index >= 15 is 0 Å². The molecule has 0 aliphatic heterocycles. The highest BCUT2D eigenvalue weighted by molar-refractivity contribution is 9.10. The van der Waals surface area contributed by atoms with Crippen molar-refractivity contribution in [3.05, 3.63) is 20.8 Å². The zero-order chi connectivity index (χ0) is 14.0. The van der Waals surface area contributed by atoms with Gasteiger partial charge in [0.2, 0.25) is 0 Å². The van der Waals surface area contributed by atoms with Crippen molar-refractivity contribution in [3.8, 4) is 0 Å². The van der Waals surface area contributed by atoms with Crippen LogP contribution in [0.15, 0.2) is 15.9 Å². The smallest absolute Gasteiger partial charge is 0.299 e. The Hall–Kier alpha value is -0.360. The first-order valence-electron chi connectivity index (χ1n) is 6.18. The van der Waals surface area contributed by atoms with E-state index in [0.717, 1.165) is 9.35 Å². The van der Waals surface area contributed by atoms with E-state index in [9.17, 15) is 18.0 Å². The van der Waals surface area contributed by atoms with E-state index in [2.05, 4.69) is 15.9 Å². The Balaban J connectivity index is 1.95. The second-order valence-electron chi connectivity index (χ2n) is 4.98. The number of carbonyl (C=O) groups is 1. The molecule has 0 spiro atoms. The van der Waals surface area contributed by atoms with Crippen LogP contribution in [0.25, 0.3) is 0 Å². The molecule has 0 amide bonds. The summed E-state index contributed by atoms with van der Waals surface area (Å²) >= 11 is 4.76. The maximum Gasteiger partial charge on any atom is 0.391 e. The van der Waals surface area contributed by atoms with Gasteiger partial charge in [0.1, 0.15) is 5.78 Å². The fourth-order valence-electron chi connectivity index (χ4n) is 2.54. The van der Waals surface area contributed by atoms with Gasteiger partial charge in [-0.15, -0.1) is 11.3 Å². The van der Waals surface area contributed by atoms with Crippen LogP contribution in [0.2, 0.25) is 0 Å². The van der Waals surface area contributed by atoms with E-state index in [1.54, 1.807) is 0 Å². The van der Waals surface area contributed by atoms with E-state index in [-0.39, 0.29) is 25.0 Å². The number of Topliss-reactive ketones (excluding diaryl/α,β-unsaturated/α-hetero) is 1. The number of rotatable bonds is 3. The summed E-state index contributed by atoms with van der Waals surface area (Å²) in [5, 5.41) is 1.88. The molecule has 1 aromatic rings. The van der Waals surface area contributed by atoms with Crippen LogP contribution in [0.5, 0.6) is 0 Å². The summed E-state index contributed by atoms with van der Waals surface area (Å²) in [5.41, 5.74) is 0. The standard InChI is InChI=1S/C13H14BrF3OS/c14-10-5-11(19-7-10)6-12(18)8-2-1-3-9(4-8)13(15,16)17/h5,7-9H,1-4,6H2. The van der Waals surface area contributed by atoms with Gasteiger partial charge in [-0.25, -0.2) is 0 Å². The minimum atomic E-state index is -4.16. The fraction of sp³-hybridized carbons (Fsp3) is 0.615. The lowest BCUT2D eigenvalue weighted by atomic mass is 9.78. The lowest BCUT2D eigenvalue weighted by Crippen LogP contribution is -2.32. The molecule has 1 aliphatic rings. The molecular weight excluding hydrogens is 341 g/mol. The highest BCUT2D eigenvalue weighted by Gasteiger charge is 2.43. The topological polar surface area (TPSA) is 17.1 Å². The number of halogens is 4. The third kappa shape index (κ3) is 4.05. The number of thiophene rings is 1. The Morgan fingerprint density at radius 1 is 1.42 bits per heavy atom. The molecule has 0 N–H and O–H groups in total. The van der Waals surface area contributed by atoms with Crippen LogP contribution >= 0.6 is 27.3 Å².